The summed E-state index contributed by atoms with van der Waals surface area (Å²) >= 11 is 1.56. The van der Waals surface area contributed by atoms with Crippen molar-refractivity contribution < 1.29 is 38.8 Å². The van der Waals surface area contributed by atoms with Crippen molar-refractivity contribution in [2.45, 2.75) is 63.5 Å². The number of fused-ring (bicyclic) bond motifs is 1. The van der Waals surface area contributed by atoms with Crippen LogP contribution in [0.25, 0.3) is 0 Å². The first-order valence-corrected chi connectivity index (χ1v) is 18.3. The van der Waals surface area contributed by atoms with Crippen LogP contribution in [0.2, 0.25) is 0 Å². The summed E-state index contributed by atoms with van der Waals surface area (Å²) in [6, 6.07) is 18.9. The minimum atomic E-state index is -0.866. The van der Waals surface area contributed by atoms with Crippen LogP contribution in [-0.4, -0.2) is 74.3 Å². The lowest BCUT2D eigenvalue weighted by atomic mass is 9.79. The fourth-order valence-electron chi connectivity index (χ4n) is 6.88. The van der Waals surface area contributed by atoms with Gasteiger partial charge in [0.25, 0.3) is 11.4 Å². The zero-order valence-electron chi connectivity index (χ0n) is 29.5. The number of anilines is 1. The summed E-state index contributed by atoms with van der Waals surface area (Å²) in [5.41, 5.74) is 3.06. The monoisotopic (exact) mass is 760 g/mol. The average Bonchev–Trinajstić information content (AvgIpc) is 3.71. The van der Waals surface area contributed by atoms with Gasteiger partial charge in [0.15, 0.2) is 0 Å². The second-order valence-corrected chi connectivity index (χ2v) is 14.8. The highest BCUT2D eigenvalue weighted by Gasteiger charge is 2.60. The van der Waals surface area contributed by atoms with E-state index in [1.165, 1.54) is 53.4 Å². The second-order valence-electron chi connectivity index (χ2n) is 13.5. The number of carbonyl (C=O) groups is 3. The van der Waals surface area contributed by atoms with Crippen LogP contribution in [0.4, 0.5) is 21.9 Å². The van der Waals surface area contributed by atoms with Gasteiger partial charge < -0.3 is 35.4 Å². The second kappa shape index (κ2) is 16.7. The Hall–Kier alpha value is -5.52. The summed E-state index contributed by atoms with van der Waals surface area (Å²) in [5, 5.41) is 41.9. The molecule has 3 aliphatic rings. The number of amides is 2. The Morgan fingerprint density at radius 2 is 1.52 bits per heavy atom. The molecule has 3 aromatic carbocycles. The first-order valence-electron chi connectivity index (χ1n) is 17.4. The van der Waals surface area contributed by atoms with E-state index in [0.29, 0.717) is 24.2 Å². The average molecular weight is 761 g/mol. The van der Waals surface area contributed by atoms with Gasteiger partial charge in [0, 0.05) is 71.7 Å². The highest BCUT2D eigenvalue weighted by molar-refractivity contribution is 8.03. The highest BCUT2D eigenvalue weighted by Crippen LogP contribution is 2.52. The summed E-state index contributed by atoms with van der Waals surface area (Å²) in [7, 11) is 0. The molecule has 0 radical (unpaired) electrons. The lowest BCUT2D eigenvalue weighted by molar-refractivity contribution is -0.385. The van der Waals surface area contributed by atoms with Gasteiger partial charge in [-0.15, -0.1) is 11.8 Å². The molecule has 6 rings (SSSR count). The number of hydrogen-bond donors (Lipinski definition) is 4. The number of ether oxygens (including phenoxy) is 2. The van der Waals surface area contributed by atoms with Crippen molar-refractivity contribution in [3.8, 4) is 0 Å². The minimum Gasteiger partial charge on any atom is -0.456 e. The van der Waals surface area contributed by atoms with Crippen LogP contribution in [-0.2, 0) is 38.8 Å². The number of rotatable bonds is 15. The highest BCUT2D eigenvalue weighted by atomic mass is 32.2. The van der Waals surface area contributed by atoms with E-state index in [4.69, 9.17) is 9.47 Å². The zero-order chi connectivity index (χ0) is 38.5. The van der Waals surface area contributed by atoms with E-state index < -0.39 is 33.9 Å². The van der Waals surface area contributed by atoms with Crippen LogP contribution in [0.5, 0.6) is 0 Å². The zero-order valence-corrected chi connectivity index (χ0v) is 30.3. The van der Waals surface area contributed by atoms with Crippen LogP contribution < -0.4 is 16.0 Å². The summed E-state index contributed by atoms with van der Waals surface area (Å²) in [5.74, 6) is -1.76. The normalized spacial score (nSPS) is 22.2. The van der Waals surface area contributed by atoms with Crippen molar-refractivity contribution in [2.75, 3.05) is 18.4 Å². The number of aliphatic hydroxyl groups is 1. The predicted octanol–water partition coefficient (Wildman–Crippen LogP) is 4.62. The molecule has 16 nitrogen and oxygen atoms in total. The third-order valence-electron chi connectivity index (χ3n) is 9.75. The third-order valence-corrected chi connectivity index (χ3v) is 11.3. The molecule has 17 heteroatoms. The number of aliphatic hydroxyl groups excluding tert-OH is 1. The molecule has 54 heavy (non-hydrogen) atoms. The van der Waals surface area contributed by atoms with Crippen LogP contribution in [0.15, 0.2) is 83.4 Å². The van der Waals surface area contributed by atoms with Gasteiger partial charge in [0.2, 0.25) is 5.91 Å². The number of esters is 1. The van der Waals surface area contributed by atoms with E-state index >= 15 is 0 Å². The number of nitro groups is 2. The summed E-state index contributed by atoms with van der Waals surface area (Å²) < 4.78 is 10.8. The van der Waals surface area contributed by atoms with Crippen molar-refractivity contribution in [2.24, 2.45) is 11.8 Å². The molecular weight excluding hydrogens is 721 g/mol. The van der Waals surface area contributed by atoms with Gasteiger partial charge in [-0.1, -0.05) is 19.1 Å². The molecule has 2 saturated heterocycles. The third kappa shape index (κ3) is 8.64. The maximum atomic E-state index is 13.5. The number of carbonyl (C=O) groups excluding carboxylic acids is 3. The molecule has 0 spiro atoms. The van der Waals surface area contributed by atoms with E-state index in [0.717, 1.165) is 22.6 Å². The Balaban J connectivity index is 0.988. The predicted molar refractivity (Wildman–Crippen MR) is 198 cm³/mol. The first kappa shape index (κ1) is 38.2. The number of β-lactam (4-membered cyclic amide) rings is 1. The molecule has 2 fully saturated rings. The largest absolute Gasteiger partial charge is 0.456 e. The topological polar surface area (TPSA) is 216 Å². The van der Waals surface area contributed by atoms with Crippen molar-refractivity contribution in [3.05, 3.63) is 120 Å². The van der Waals surface area contributed by atoms with Crippen molar-refractivity contribution in [1.29, 1.82) is 0 Å². The standard InChI is InChI=1S/C37H40N6O10S/c1-21-32-31(22(2)44)35(45)41(32)33(36(46)52-19-24-5-11-28(12-6-24)42(48)49)34(21)54-30-15-27(39-18-30)17-38-26-9-3-23(4-10-26)16-40-37(47)53-20-25-7-13-29(14-8-25)43(50)51/h3-14,21-22,27,30-32,38-39,44H,15-20H2,1-2H3,(H,40,47)/t21-,22-,27+,30+,31-,32-/m1/s1. The van der Waals surface area contributed by atoms with Crippen molar-refractivity contribution in [1.82, 2.24) is 15.5 Å². The minimum absolute atomic E-state index is 0.0141. The molecule has 6 atom stereocenters. The van der Waals surface area contributed by atoms with E-state index in [9.17, 15) is 39.7 Å². The number of nitro benzene ring substituents is 2. The Labute approximate surface area is 314 Å². The van der Waals surface area contributed by atoms with Gasteiger partial charge in [-0.2, -0.15) is 0 Å². The summed E-state index contributed by atoms with van der Waals surface area (Å²) in [6.45, 7) is 4.99. The number of nitrogens with zero attached hydrogens (tertiary/aromatic N) is 3. The fraction of sp³-hybridized carbons (Fsp3) is 0.378. The maximum absolute atomic E-state index is 13.5. The number of alkyl carbamates (subject to hydrolysis) is 1. The van der Waals surface area contributed by atoms with Gasteiger partial charge in [0.05, 0.1) is 27.9 Å². The number of hydrogen-bond acceptors (Lipinski definition) is 13. The quantitative estimate of drug-likeness (QED) is 0.0721. The molecule has 3 aliphatic heterocycles. The SMILES string of the molecule is C[C@@H](O)[C@H]1C(=O)N2C(C(=O)OCc3ccc([N+](=O)[O-])cc3)=C(S[C@@H]3CN[C@H](CNc4ccc(CNC(=O)OCc5ccc([N+](=O)[O-])cc5)cc4)C3)[C@H](C)[C@H]12. The molecule has 0 bridgehead atoms. The number of thioether (sulfide) groups is 1. The van der Waals surface area contributed by atoms with Crippen LogP contribution in [0, 0.1) is 32.1 Å². The van der Waals surface area contributed by atoms with E-state index in [1.54, 1.807) is 18.7 Å². The molecule has 0 aliphatic carbocycles. The van der Waals surface area contributed by atoms with Crippen molar-refractivity contribution >= 4 is 46.8 Å². The number of non-ortho nitro benzene ring substituents is 2. The van der Waals surface area contributed by atoms with Gasteiger partial charge in [-0.3, -0.25) is 25.0 Å². The smallest absolute Gasteiger partial charge is 0.407 e. The van der Waals surface area contributed by atoms with E-state index in [1.807, 2.05) is 31.2 Å². The molecule has 4 N–H and O–H groups in total. The van der Waals surface area contributed by atoms with Gasteiger partial charge in [0.1, 0.15) is 18.9 Å². The summed E-state index contributed by atoms with van der Waals surface area (Å²) in [6.07, 6.45) is -0.681. The van der Waals surface area contributed by atoms with E-state index in [2.05, 4.69) is 16.0 Å². The van der Waals surface area contributed by atoms with Gasteiger partial charge in [-0.25, -0.2) is 9.59 Å². The van der Waals surface area contributed by atoms with Crippen molar-refractivity contribution in [3.63, 3.8) is 0 Å². The van der Waals surface area contributed by atoms with Crippen LogP contribution >= 0.6 is 11.8 Å². The lowest BCUT2D eigenvalue weighted by Crippen LogP contribution is -2.63. The molecule has 0 unspecified atom stereocenters. The summed E-state index contributed by atoms with van der Waals surface area (Å²) in [4.78, 5) is 61.9. The molecule has 0 saturated carbocycles. The Bertz CT molecular complexity index is 1920. The molecule has 284 valence electrons. The van der Waals surface area contributed by atoms with E-state index in [-0.39, 0.29) is 66.0 Å². The molecule has 3 heterocycles. The van der Waals surface area contributed by atoms with Crippen LogP contribution in [0.3, 0.4) is 0 Å². The van der Waals surface area contributed by atoms with Gasteiger partial charge in [-0.05, 0) is 66.4 Å². The Kier molecular flexibility index (Phi) is 11.8. The Morgan fingerprint density at radius 1 is 0.944 bits per heavy atom. The van der Waals surface area contributed by atoms with Crippen LogP contribution in [0.1, 0.15) is 37.0 Å². The Morgan fingerprint density at radius 3 is 2.09 bits per heavy atom. The number of benzene rings is 3. The fourth-order valence-corrected chi connectivity index (χ4v) is 8.39. The maximum Gasteiger partial charge on any atom is 0.407 e. The molecule has 2 amide bonds. The van der Waals surface area contributed by atoms with Gasteiger partial charge >= 0.3 is 12.1 Å². The number of nitrogens with one attached hydrogen (secondary N) is 3. The first-order chi connectivity index (χ1) is 25.9. The molecule has 0 aromatic heterocycles. The lowest BCUT2D eigenvalue weighted by Gasteiger charge is -2.46. The molecule has 3 aromatic rings. The molecular formula is C37H40N6O10S.